The van der Waals surface area contributed by atoms with Crippen molar-refractivity contribution in [3.8, 4) is 5.69 Å². The van der Waals surface area contributed by atoms with Crippen LogP contribution >= 0.6 is 0 Å². The molecule has 2 N–H and O–H groups in total. The Morgan fingerprint density at radius 3 is 2.97 bits per heavy atom. The molecule has 32 heavy (non-hydrogen) atoms. The Hall–Kier alpha value is -2.96. The molecule has 0 amide bonds. The second kappa shape index (κ2) is 9.67. The average Bonchev–Trinajstić information content (AvgIpc) is 3.49. The third kappa shape index (κ3) is 4.76. The SMILES string of the molecule is Fc1cccc(CCN2CCNCC2CCCc2c[nH]c3ccc(-n4ccnc4)cc23)c1. The number of fused-ring (bicyclic) bond motifs is 1. The van der Waals surface area contributed by atoms with Gasteiger partial charge in [-0.05, 0) is 67.1 Å². The molecule has 1 aliphatic heterocycles. The van der Waals surface area contributed by atoms with Gasteiger partial charge in [0.1, 0.15) is 5.82 Å². The monoisotopic (exact) mass is 431 g/mol. The van der Waals surface area contributed by atoms with Crippen LogP contribution in [-0.2, 0) is 12.8 Å². The Kier molecular flexibility index (Phi) is 6.32. The minimum absolute atomic E-state index is 0.144. The summed E-state index contributed by atoms with van der Waals surface area (Å²) in [4.78, 5) is 10.2. The summed E-state index contributed by atoms with van der Waals surface area (Å²) < 4.78 is 15.5. The van der Waals surface area contributed by atoms with Crippen molar-refractivity contribution in [1.82, 2.24) is 24.8 Å². The maximum Gasteiger partial charge on any atom is 0.123 e. The van der Waals surface area contributed by atoms with Crippen molar-refractivity contribution >= 4 is 10.9 Å². The van der Waals surface area contributed by atoms with E-state index in [0.29, 0.717) is 6.04 Å². The first kappa shape index (κ1) is 20.9. The van der Waals surface area contributed by atoms with Gasteiger partial charge in [-0.1, -0.05) is 12.1 Å². The molecule has 0 saturated carbocycles. The standard InChI is InChI=1S/C26H30FN5/c27-22-5-1-3-20(15-22)9-12-31-13-10-28-18-24(31)6-2-4-21-17-30-26-8-7-23(16-25(21)26)32-14-11-29-19-32/h1,3,5,7-8,11,14-17,19,24,28,30H,2,4,6,9-10,12-13,18H2. The van der Waals surface area contributed by atoms with Crippen LogP contribution in [0, 0.1) is 5.82 Å². The van der Waals surface area contributed by atoms with Crippen molar-refractivity contribution in [2.24, 2.45) is 0 Å². The van der Waals surface area contributed by atoms with Gasteiger partial charge in [-0.25, -0.2) is 9.37 Å². The fraction of sp³-hybridized carbons (Fsp3) is 0.346. The minimum atomic E-state index is -0.144. The number of aryl methyl sites for hydroxylation is 1. The summed E-state index contributed by atoms with van der Waals surface area (Å²) in [6.07, 6.45) is 12.0. The first-order valence-corrected chi connectivity index (χ1v) is 11.5. The molecule has 1 saturated heterocycles. The number of aromatic nitrogens is 3. The molecule has 1 aliphatic rings. The van der Waals surface area contributed by atoms with E-state index >= 15 is 0 Å². The van der Waals surface area contributed by atoms with Crippen molar-refractivity contribution in [3.05, 3.63) is 84.3 Å². The Labute approximate surface area is 188 Å². The molecule has 2 aromatic heterocycles. The van der Waals surface area contributed by atoms with E-state index in [-0.39, 0.29) is 5.82 Å². The van der Waals surface area contributed by atoms with Crippen molar-refractivity contribution in [2.45, 2.75) is 31.7 Å². The van der Waals surface area contributed by atoms with Gasteiger partial charge in [0, 0.05) is 67.4 Å². The van der Waals surface area contributed by atoms with Gasteiger partial charge in [0.2, 0.25) is 0 Å². The normalized spacial score (nSPS) is 17.2. The zero-order valence-electron chi connectivity index (χ0n) is 18.3. The molecule has 4 aromatic rings. The van der Waals surface area contributed by atoms with Crippen LogP contribution in [0.25, 0.3) is 16.6 Å². The van der Waals surface area contributed by atoms with E-state index in [1.54, 1.807) is 18.3 Å². The third-order valence-electron chi connectivity index (χ3n) is 6.59. The van der Waals surface area contributed by atoms with E-state index in [4.69, 9.17) is 0 Å². The molecule has 166 valence electrons. The number of piperazine rings is 1. The van der Waals surface area contributed by atoms with E-state index in [9.17, 15) is 4.39 Å². The molecule has 0 spiro atoms. The van der Waals surface area contributed by atoms with E-state index in [1.807, 2.05) is 23.2 Å². The van der Waals surface area contributed by atoms with Crippen LogP contribution in [0.3, 0.4) is 0 Å². The van der Waals surface area contributed by atoms with Crippen molar-refractivity contribution in [2.75, 3.05) is 26.2 Å². The average molecular weight is 432 g/mol. The molecule has 3 heterocycles. The smallest absolute Gasteiger partial charge is 0.123 e. The Morgan fingerprint density at radius 2 is 2.09 bits per heavy atom. The van der Waals surface area contributed by atoms with E-state index in [0.717, 1.165) is 63.1 Å². The highest BCUT2D eigenvalue weighted by Crippen LogP contribution is 2.24. The molecule has 1 fully saturated rings. The zero-order chi connectivity index (χ0) is 21.8. The first-order valence-electron chi connectivity index (χ1n) is 11.5. The fourth-order valence-electron chi connectivity index (χ4n) is 4.82. The number of rotatable bonds is 8. The van der Waals surface area contributed by atoms with Crippen LogP contribution in [0.5, 0.6) is 0 Å². The van der Waals surface area contributed by atoms with Gasteiger partial charge >= 0.3 is 0 Å². The number of hydrogen-bond donors (Lipinski definition) is 2. The maximum atomic E-state index is 13.5. The number of nitrogens with zero attached hydrogens (tertiary/aromatic N) is 3. The predicted molar refractivity (Wildman–Crippen MR) is 127 cm³/mol. The van der Waals surface area contributed by atoms with Crippen LogP contribution in [0.1, 0.15) is 24.0 Å². The summed E-state index contributed by atoms with van der Waals surface area (Å²) in [7, 11) is 0. The lowest BCUT2D eigenvalue weighted by atomic mass is 10.0. The zero-order valence-corrected chi connectivity index (χ0v) is 18.3. The Bertz CT molecular complexity index is 1150. The highest BCUT2D eigenvalue weighted by Gasteiger charge is 2.21. The molecule has 1 unspecified atom stereocenters. The van der Waals surface area contributed by atoms with E-state index < -0.39 is 0 Å². The quantitative estimate of drug-likeness (QED) is 0.437. The van der Waals surface area contributed by atoms with Crippen molar-refractivity contribution < 1.29 is 4.39 Å². The van der Waals surface area contributed by atoms with Crippen molar-refractivity contribution in [3.63, 3.8) is 0 Å². The lowest BCUT2D eigenvalue weighted by Gasteiger charge is -2.36. The summed E-state index contributed by atoms with van der Waals surface area (Å²) >= 11 is 0. The largest absolute Gasteiger partial charge is 0.361 e. The van der Waals surface area contributed by atoms with Gasteiger partial charge in [0.05, 0.1) is 6.33 Å². The van der Waals surface area contributed by atoms with Crippen LogP contribution in [0.2, 0.25) is 0 Å². The molecule has 0 aliphatic carbocycles. The molecule has 5 rings (SSSR count). The second-order valence-electron chi connectivity index (χ2n) is 8.68. The highest BCUT2D eigenvalue weighted by atomic mass is 19.1. The van der Waals surface area contributed by atoms with Crippen LogP contribution in [0.15, 0.2) is 67.4 Å². The number of aromatic amines is 1. The summed E-state index contributed by atoms with van der Waals surface area (Å²) in [6, 6.07) is 14.0. The van der Waals surface area contributed by atoms with E-state index in [2.05, 4.69) is 44.6 Å². The van der Waals surface area contributed by atoms with Crippen LogP contribution in [0.4, 0.5) is 4.39 Å². The summed E-state index contributed by atoms with van der Waals surface area (Å²) in [5.74, 6) is -0.144. The Balaban J connectivity index is 1.20. The second-order valence-corrected chi connectivity index (χ2v) is 8.68. The minimum Gasteiger partial charge on any atom is -0.361 e. The topological polar surface area (TPSA) is 48.9 Å². The molecule has 0 bridgehead atoms. The lowest BCUT2D eigenvalue weighted by Crippen LogP contribution is -2.51. The summed E-state index contributed by atoms with van der Waals surface area (Å²) in [5.41, 5.74) is 4.77. The molecule has 6 heteroatoms. The number of benzene rings is 2. The number of halogens is 1. The molecule has 5 nitrogen and oxygen atoms in total. The molecule has 1 atom stereocenters. The number of H-pyrrole nitrogens is 1. The molecule has 0 radical (unpaired) electrons. The maximum absolute atomic E-state index is 13.5. The van der Waals surface area contributed by atoms with Crippen LogP contribution in [-0.4, -0.2) is 51.7 Å². The predicted octanol–water partition coefficient (Wildman–Crippen LogP) is 4.33. The van der Waals surface area contributed by atoms with Crippen molar-refractivity contribution in [1.29, 1.82) is 0 Å². The lowest BCUT2D eigenvalue weighted by molar-refractivity contribution is 0.153. The molecule has 2 aromatic carbocycles. The number of nitrogens with one attached hydrogen (secondary N) is 2. The third-order valence-corrected chi connectivity index (χ3v) is 6.59. The Morgan fingerprint density at radius 1 is 1.12 bits per heavy atom. The van der Waals surface area contributed by atoms with E-state index in [1.165, 1.54) is 22.5 Å². The molecular weight excluding hydrogens is 401 g/mol. The van der Waals surface area contributed by atoms with Gasteiger partial charge in [0.15, 0.2) is 0 Å². The van der Waals surface area contributed by atoms with Crippen LogP contribution < -0.4 is 5.32 Å². The fourth-order valence-corrected chi connectivity index (χ4v) is 4.82. The van der Waals surface area contributed by atoms with Gasteiger partial charge in [-0.15, -0.1) is 0 Å². The summed E-state index contributed by atoms with van der Waals surface area (Å²) in [5, 5.41) is 4.84. The highest BCUT2D eigenvalue weighted by molar-refractivity contribution is 5.85. The van der Waals surface area contributed by atoms with Gasteiger partial charge in [0.25, 0.3) is 0 Å². The van der Waals surface area contributed by atoms with Gasteiger partial charge < -0.3 is 14.9 Å². The molecular formula is C26H30FN5. The summed E-state index contributed by atoms with van der Waals surface area (Å²) in [6.45, 7) is 4.10. The number of imidazole rings is 1. The number of hydrogen-bond acceptors (Lipinski definition) is 3. The van der Waals surface area contributed by atoms with Gasteiger partial charge in [-0.2, -0.15) is 0 Å². The first-order chi connectivity index (χ1) is 15.8. The van der Waals surface area contributed by atoms with Gasteiger partial charge in [-0.3, -0.25) is 4.90 Å².